The van der Waals surface area contributed by atoms with Gasteiger partial charge < -0.3 is 30.9 Å². The third-order valence-corrected chi connectivity index (χ3v) is 7.59. The van der Waals surface area contributed by atoms with Crippen molar-refractivity contribution in [2.75, 3.05) is 37.9 Å². The van der Waals surface area contributed by atoms with Crippen LogP contribution in [0.5, 0.6) is 5.75 Å². The quantitative estimate of drug-likeness (QED) is 0.279. The molecule has 2 amide bonds. The van der Waals surface area contributed by atoms with Crippen LogP contribution in [0.3, 0.4) is 0 Å². The Labute approximate surface area is 242 Å². The van der Waals surface area contributed by atoms with Crippen molar-refractivity contribution in [3.63, 3.8) is 0 Å². The zero-order valence-electron chi connectivity index (χ0n) is 25.0. The second kappa shape index (κ2) is 13.3. The molecule has 1 aliphatic rings. The van der Waals surface area contributed by atoms with E-state index in [1.165, 1.54) is 6.33 Å². The van der Waals surface area contributed by atoms with Gasteiger partial charge in [-0.15, -0.1) is 0 Å². The Morgan fingerprint density at radius 2 is 1.90 bits per heavy atom. The Balaban J connectivity index is 1.55. The van der Waals surface area contributed by atoms with Gasteiger partial charge in [0.15, 0.2) is 0 Å². The highest BCUT2D eigenvalue weighted by Crippen LogP contribution is 2.33. The first-order chi connectivity index (χ1) is 19.6. The van der Waals surface area contributed by atoms with Crippen LogP contribution in [0.25, 0.3) is 10.9 Å². The molecule has 0 unspecified atom stereocenters. The highest BCUT2D eigenvalue weighted by atomic mass is 16.5. The van der Waals surface area contributed by atoms with Gasteiger partial charge in [0.25, 0.3) is 0 Å². The Morgan fingerprint density at radius 3 is 2.59 bits per heavy atom. The largest absolute Gasteiger partial charge is 0.494 e. The Morgan fingerprint density at radius 1 is 1.15 bits per heavy atom. The summed E-state index contributed by atoms with van der Waals surface area (Å²) in [7, 11) is 3.46. The number of benzene rings is 2. The lowest BCUT2D eigenvalue weighted by Gasteiger charge is -2.36. The lowest BCUT2D eigenvalue weighted by molar-refractivity contribution is -0.140. The summed E-state index contributed by atoms with van der Waals surface area (Å²) >= 11 is 0. The molecule has 1 aromatic heterocycles. The van der Waals surface area contributed by atoms with E-state index in [0.29, 0.717) is 48.8 Å². The Bertz CT molecular complexity index is 1340. The van der Waals surface area contributed by atoms with Gasteiger partial charge in [0.1, 0.15) is 23.9 Å². The van der Waals surface area contributed by atoms with E-state index >= 15 is 0 Å². The lowest BCUT2D eigenvalue weighted by Crippen LogP contribution is -2.57. The zero-order valence-corrected chi connectivity index (χ0v) is 25.0. The van der Waals surface area contributed by atoms with Crippen LogP contribution in [0.2, 0.25) is 0 Å². The highest BCUT2D eigenvalue weighted by Gasteiger charge is 2.41. The van der Waals surface area contributed by atoms with Crippen molar-refractivity contribution in [2.24, 2.45) is 5.41 Å². The van der Waals surface area contributed by atoms with E-state index in [2.05, 4.69) is 38.2 Å². The molecule has 1 aliphatic heterocycles. The standard InChI is InChI=1S/C31H43N7O3/c1-20(32-5)17-33-27(31(2,3)4)30(40)38-14-10-13-25(38)29(39)37-24-15-22-23(16-26(24)41-6)35-19-36-28(22)34-18-21-11-8-7-9-12-21/h7-9,11-12,15-16,19-20,25,27,32-33H,10,13-14,17-18H2,1-6H3,(H,37,39)(H,34,35,36)/t20-,25-,27+/m0/s1. The van der Waals surface area contributed by atoms with Gasteiger partial charge in [-0.3, -0.25) is 9.59 Å². The predicted molar refractivity (Wildman–Crippen MR) is 163 cm³/mol. The molecule has 0 aliphatic carbocycles. The van der Waals surface area contributed by atoms with Gasteiger partial charge in [0.2, 0.25) is 11.8 Å². The van der Waals surface area contributed by atoms with Crippen molar-refractivity contribution >= 4 is 34.2 Å². The molecule has 4 N–H and O–H groups in total. The van der Waals surface area contributed by atoms with E-state index in [1.807, 2.05) is 64.2 Å². The van der Waals surface area contributed by atoms with Crippen molar-refractivity contribution in [2.45, 2.75) is 65.2 Å². The normalized spacial score (nSPS) is 16.8. The molecule has 1 fully saturated rings. The van der Waals surface area contributed by atoms with Gasteiger partial charge in [0, 0.05) is 37.1 Å². The number of ether oxygens (including phenoxy) is 1. The molecule has 3 atom stereocenters. The van der Waals surface area contributed by atoms with E-state index in [9.17, 15) is 9.59 Å². The number of methoxy groups -OCH3 is 1. The topological polar surface area (TPSA) is 121 Å². The van der Waals surface area contributed by atoms with E-state index in [-0.39, 0.29) is 23.3 Å². The number of hydrogen-bond donors (Lipinski definition) is 4. The first-order valence-electron chi connectivity index (χ1n) is 14.2. The minimum absolute atomic E-state index is 0.0512. The number of hydrogen-bond acceptors (Lipinski definition) is 8. The van der Waals surface area contributed by atoms with Crippen LogP contribution in [0.15, 0.2) is 48.8 Å². The molecule has 0 saturated carbocycles. The van der Waals surface area contributed by atoms with Gasteiger partial charge in [-0.05, 0) is 43.9 Å². The molecule has 0 bridgehead atoms. The maximum absolute atomic E-state index is 13.8. The molecule has 3 aromatic rings. The van der Waals surface area contributed by atoms with Gasteiger partial charge in [-0.25, -0.2) is 9.97 Å². The van der Waals surface area contributed by atoms with E-state index < -0.39 is 12.1 Å². The van der Waals surface area contributed by atoms with Crippen LogP contribution in [0.1, 0.15) is 46.1 Å². The third-order valence-electron chi connectivity index (χ3n) is 7.59. The van der Waals surface area contributed by atoms with Crippen molar-refractivity contribution in [1.29, 1.82) is 0 Å². The van der Waals surface area contributed by atoms with Crippen LogP contribution in [0, 0.1) is 5.41 Å². The number of carbonyl (C=O) groups is 2. The van der Waals surface area contributed by atoms with Crippen molar-refractivity contribution in [3.05, 3.63) is 54.4 Å². The van der Waals surface area contributed by atoms with E-state index in [4.69, 9.17) is 4.74 Å². The fourth-order valence-electron chi connectivity index (χ4n) is 5.12. The number of likely N-dealkylation sites (N-methyl/N-ethyl adjacent to an activating group) is 1. The molecule has 10 nitrogen and oxygen atoms in total. The number of rotatable bonds is 11. The first-order valence-corrected chi connectivity index (χ1v) is 14.2. The molecule has 4 rings (SSSR count). The molecule has 10 heteroatoms. The zero-order chi connectivity index (χ0) is 29.6. The minimum Gasteiger partial charge on any atom is -0.494 e. The number of nitrogens with one attached hydrogen (secondary N) is 4. The maximum Gasteiger partial charge on any atom is 0.247 e. The van der Waals surface area contributed by atoms with Crippen molar-refractivity contribution in [1.82, 2.24) is 25.5 Å². The van der Waals surface area contributed by atoms with Crippen LogP contribution in [-0.4, -0.2) is 72.1 Å². The number of aromatic nitrogens is 2. The molecule has 2 heterocycles. The van der Waals surface area contributed by atoms with Crippen LogP contribution in [-0.2, 0) is 16.1 Å². The number of fused-ring (bicyclic) bond motifs is 1. The van der Waals surface area contributed by atoms with Gasteiger partial charge >= 0.3 is 0 Å². The Kier molecular flexibility index (Phi) is 9.77. The van der Waals surface area contributed by atoms with Crippen molar-refractivity contribution < 1.29 is 14.3 Å². The molecular weight excluding hydrogens is 518 g/mol. The summed E-state index contributed by atoms with van der Waals surface area (Å²) in [5.41, 5.74) is 2.00. The van der Waals surface area contributed by atoms with Gasteiger partial charge in [-0.1, -0.05) is 51.1 Å². The minimum atomic E-state index is -0.570. The fraction of sp³-hybridized carbons (Fsp3) is 0.484. The molecule has 41 heavy (non-hydrogen) atoms. The number of anilines is 2. The van der Waals surface area contributed by atoms with Crippen LogP contribution >= 0.6 is 0 Å². The fourth-order valence-corrected chi connectivity index (χ4v) is 5.12. The molecule has 220 valence electrons. The molecule has 2 aromatic carbocycles. The second-order valence-corrected chi connectivity index (χ2v) is 11.7. The summed E-state index contributed by atoms with van der Waals surface area (Å²) in [6, 6.07) is 12.9. The SMILES string of the molecule is CN[C@@H](C)CN[C@H](C(=O)N1CCC[C@H]1C(=O)Nc1cc2c(NCc3ccccc3)ncnc2cc1OC)C(C)(C)C. The van der Waals surface area contributed by atoms with Crippen molar-refractivity contribution in [3.8, 4) is 5.75 Å². The average Bonchev–Trinajstić information content (AvgIpc) is 3.46. The highest BCUT2D eigenvalue weighted by molar-refractivity contribution is 6.02. The van der Waals surface area contributed by atoms with Gasteiger partial charge in [-0.2, -0.15) is 0 Å². The summed E-state index contributed by atoms with van der Waals surface area (Å²) in [4.78, 5) is 38.1. The summed E-state index contributed by atoms with van der Waals surface area (Å²) in [5.74, 6) is 0.861. The molecule has 0 radical (unpaired) electrons. The molecular formula is C31H43N7O3. The van der Waals surface area contributed by atoms with Crippen LogP contribution in [0.4, 0.5) is 11.5 Å². The first kappa shape index (κ1) is 30.2. The second-order valence-electron chi connectivity index (χ2n) is 11.7. The number of amides is 2. The van der Waals surface area contributed by atoms with E-state index in [1.54, 1.807) is 18.1 Å². The predicted octanol–water partition coefficient (Wildman–Crippen LogP) is 3.79. The average molecular weight is 562 g/mol. The third kappa shape index (κ3) is 7.31. The lowest BCUT2D eigenvalue weighted by atomic mass is 9.85. The maximum atomic E-state index is 13.8. The van der Waals surface area contributed by atoms with E-state index in [0.717, 1.165) is 17.4 Å². The smallest absolute Gasteiger partial charge is 0.247 e. The molecule has 1 saturated heterocycles. The summed E-state index contributed by atoms with van der Waals surface area (Å²) in [6.45, 7) is 9.98. The summed E-state index contributed by atoms with van der Waals surface area (Å²) < 4.78 is 5.62. The summed E-state index contributed by atoms with van der Waals surface area (Å²) in [6.07, 6.45) is 2.88. The summed E-state index contributed by atoms with van der Waals surface area (Å²) in [5, 5.41) is 13.8. The van der Waals surface area contributed by atoms with Gasteiger partial charge in [0.05, 0.1) is 24.4 Å². The molecule has 0 spiro atoms. The number of carbonyl (C=O) groups excluding carboxylic acids is 2. The monoisotopic (exact) mass is 561 g/mol. The number of likely N-dealkylation sites (tertiary alicyclic amines) is 1. The Hall–Kier alpha value is -3.76. The number of nitrogens with zero attached hydrogens (tertiary/aromatic N) is 3. The van der Waals surface area contributed by atoms with Crippen LogP contribution < -0.4 is 26.0 Å².